The second kappa shape index (κ2) is 7.40. The van der Waals surface area contributed by atoms with Crippen LogP contribution in [0.2, 0.25) is 0 Å². The molecule has 6 heteroatoms. The Bertz CT molecular complexity index is 814. The molecule has 2 aromatic heterocycles. The van der Waals surface area contributed by atoms with Gasteiger partial charge in [0.2, 0.25) is 11.8 Å². The first-order valence-corrected chi connectivity index (χ1v) is 8.59. The number of amides is 1. The van der Waals surface area contributed by atoms with Gasteiger partial charge in [-0.2, -0.15) is 0 Å². The number of hydrogen-bond acceptors (Lipinski definition) is 5. The Balaban J connectivity index is 1.57. The lowest BCUT2D eigenvalue weighted by molar-refractivity contribution is -0.121. The van der Waals surface area contributed by atoms with E-state index < -0.39 is 0 Å². The summed E-state index contributed by atoms with van der Waals surface area (Å²) in [5, 5.41) is 4.04. The molecule has 1 amide bonds. The molecular formula is C18H19N3O2S. The summed E-state index contributed by atoms with van der Waals surface area (Å²) < 4.78 is 6.25. The molecule has 1 N–H and O–H groups in total. The number of pyridine rings is 1. The van der Waals surface area contributed by atoms with E-state index in [0.717, 1.165) is 16.9 Å². The molecule has 0 aliphatic heterocycles. The fraction of sp³-hybridized carbons (Fsp3) is 0.278. The zero-order valence-electron chi connectivity index (χ0n) is 13.7. The second-order valence-electron chi connectivity index (χ2n) is 5.60. The number of carbonyl (C=O) groups excluding carboxylic acids is 1. The SMILES string of the molecule is COc1cccc(CC(=O)NC(C)Cc2nc3ccccc3s2)n1. The number of fused-ring (bicyclic) bond motifs is 1. The van der Waals surface area contributed by atoms with E-state index in [1.54, 1.807) is 24.5 Å². The maximum atomic E-state index is 12.2. The van der Waals surface area contributed by atoms with Crippen LogP contribution in [-0.4, -0.2) is 29.0 Å². The van der Waals surface area contributed by atoms with Gasteiger partial charge in [-0.05, 0) is 25.1 Å². The summed E-state index contributed by atoms with van der Waals surface area (Å²) in [4.78, 5) is 21.0. The molecule has 1 atom stereocenters. The average Bonchev–Trinajstić information content (AvgIpc) is 2.96. The number of para-hydroxylation sites is 1. The Kier molecular flexibility index (Phi) is 5.05. The van der Waals surface area contributed by atoms with Gasteiger partial charge in [0, 0.05) is 18.5 Å². The molecule has 2 heterocycles. The molecule has 0 fully saturated rings. The molecular weight excluding hydrogens is 322 g/mol. The van der Waals surface area contributed by atoms with E-state index in [-0.39, 0.29) is 18.4 Å². The summed E-state index contributed by atoms with van der Waals surface area (Å²) in [7, 11) is 1.56. The number of ether oxygens (including phenoxy) is 1. The van der Waals surface area contributed by atoms with Crippen molar-refractivity contribution in [3.8, 4) is 5.88 Å². The molecule has 0 bridgehead atoms. The van der Waals surface area contributed by atoms with Crippen molar-refractivity contribution in [2.24, 2.45) is 0 Å². The monoisotopic (exact) mass is 341 g/mol. The number of rotatable bonds is 6. The molecule has 0 radical (unpaired) electrons. The van der Waals surface area contributed by atoms with Gasteiger partial charge in [-0.25, -0.2) is 9.97 Å². The number of thiazole rings is 1. The van der Waals surface area contributed by atoms with Gasteiger partial charge in [0.15, 0.2) is 0 Å². The third-order valence-corrected chi connectivity index (χ3v) is 4.62. The predicted molar refractivity (Wildman–Crippen MR) is 95.4 cm³/mol. The van der Waals surface area contributed by atoms with E-state index in [4.69, 9.17) is 4.74 Å². The van der Waals surface area contributed by atoms with Crippen molar-refractivity contribution in [1.29, 1.82) is 0 Å². The quantitative estimate of drug-likeness (QED) is 0.749. The molecule has 1 aromatic carbocycles. The van der Waals surface area contributed by atoms with Gasteiger partial charge in [0.05, 0.1) is 34.4 Å². The van der Waals surface area contributed by atoms with Crippen molar-refractivity contribution in [3.05, 3.63) is 53.2 Å². The molecule has 24 heavy (non-hydrogen) atoms. The molecule has 124 valence electrons. The first-order valence-electron chi connectivity index (χ1n) is 7.78. The molecule has 0 saturated carbocycles. The highest BCUT2D eigenvalue weighted by Gasteiger charge is 2.12. The molecule has 1 unspecified atom stereocenters. The topological polar surface area (TPSA) is 64.1 Å². The van der Waals surface area contributed by atoms with E-state index in [1.807, 2.05) is 37.3 Å². The summed E-state index contributed by atoms with van der Waals surface area (Å²) in [5.41, 5.74) is 1.70. The van der Waals surface area contributed by atoms with E-state index in [2.05, 4.69) is 21.4 Å². The Morgan fingerprint density at radius 2 is 2.04 bits per heavy atom. The highest BCUT2D eigenvalue weighted by molar-refractivity contribution is 7.18. The molecule has 3 rings (SSSR count). The lowest BCUT2D eigenvalue weighted by atomic mass is 10.2. The van der Waals surface area contributed by atoms with E-state index in [0.29, 0.717) is 11.6 Å². The van der Waals surface area contributed by atoms with E-state index in [1.165, 1.54) is 4.70 Å². The van der Waals surface area contributed by atoms with Crippen LogP contribution in [0.25, 0.3) is 10.2 Å². The molecule has 3 aromatic rings. The first kappa shape index (κ1) is 16.4. The fourth-order valence-electron chi connectivity index (χ4n) is 2.48. The summed E-state index contributed by atoms with van der Waals surface area (Å²) in [6.07, 6.45) is 0.956. The minimum atomic E-state index is -0.0515. The normalized spacial score (nSPS) is 12.1. The van der Waals surface area contributed by atoms with E-state index >= 15 is 0 Å². The van der Waals surface area contributed by atoms with Crippen LogP contribution in [0.4, 0.5) is 0 Å². The minimum absolute atomic E-state index is 0.0173. The first-order chi connectivity index (χ1) is 11.6. The lowest BCUT2D eigenvalue weighted by Crippen LogP contribution is -2.35. The molecule has 0 aliphatic carbocycles. The molecule has 0 aliphatic rings. The Morgan fingerprint density at radius 1 is 1.21 bits per heavy atom. The lowest BCUT2D eigenvalue weighted by Gasteiger charge is -2.12. The van der Waals surface area contributed by atoms with E-state index in [9.17, 15) is 4.79 Å². The number of nitrogens with one attached hydrogen (secondary N) is 1. The molecule has 0 spiro atoms. The maximum absolute atomic E-state index is 12.2. The van der Waals surface area contributed by atoms with Crippen molar-refractivity contribution in [3.63, 3.8) is 0 Å². The van der Waals surface area contributed by atoms with Crippen LogP contribution in [0, 0.1) is 0 Å². The standard InChI is InChI=1S/C18H19N3O2S/c1-12(10-18-21-14-7-3-4-8-15(14)24-18)19-16(22)11-13-6-5-9-17(20-13)23-2/h3-9,12H,10-11H2,1-2H3,(H,19,22). The van der Waals surface area contributed by atoms with Gasteiger partial charge in [-0.1, -0.05) is 18.2 Å². The third kappa shape index (κ3) is 4.08. The average molecular weight is 341 g/mol. The van der Waals surface area contributed by atoms with Crippen molar-refractivity contribution in [1.82, 2.24) is 15.3 Å². The van der Waals surface area contributed by atoms with Crippen LogP contribution < -0.4 is 10.1 Å². The van der Waals surface area contributed by atoms with Crippen molar-refractivity contribution >= 4 is 27.5 Å². The molecule has 5 nitrogen and oxygen atoms in total. The van der Waals surface area contributed by atoms with Gasteiger partial charge in [-0.15, -0.1) is 11.3 Å². The maximum Gasteiger partial charge on any atom is 0.226 e. The zero-order valence-corrected chi connectivity index (χ0v) is 14.5. The number of carbonyl (C=O) groups is 1. The Hall–Kier alpha value is -2.47. The van der Waals surface area contributed by atoms with Gasteiger partial charge in [0.25, 0.3) is 0 Å². The van der Waals surface area contributed by atoms with Crippen molar-refractivity contribution in [2.45, 2.75) is 25.8 Å². The van der Waals surface area contributed by atoms with Crippen molar-refractivity contribution in [2.75, 3.05) is 7.11 Å². The van der Waals surface area contributed by atoms with Crippen LogP contribution in [-0.2, 0) is 17.6 Å². The molecule has 0 saturated heterocycles. The smallest absolute Gasteiger partial charge is 0.226 e. The summed E-state index contributed by atoms with van der Waals surface area (Å²) in [5.74, 6) is 0.465. The third-order valence-electron chi connectivity index (χ3n) is 3.56. The predicted octanol–water partition coefficient (Wildman–Crippen LogP) is 2.99. The summed E-state index contributed by atoms with van der Waals surface area (Å²) >= 11 is 1.67. The summed E-state index contributed by atoms with van der Waals surface area (Å²) in [6, 6.07) is 13.5. The van der Waals surface area contributed by atoms with Gasteiger partial charge in [0.1, 0.15) is 0 Å². The summed E-state index contributed by atoms with van der Waals surface area (Å²) in [6.45, 7) is 1.99. The highest BCUT2D eigenvalue weighted by atomic mass is 32.1. The number of aromatic nitrogens is 2. The van der Waals surface area contributed by atoms with Crippen LogP contribution in [0.1, 0.15) is 17.6 Å². The van der Waals surface area contributed by atoms with Crippen LogP contribution in [0.3, 0.4) is 0 Å². The Morgan fingerprint density at radius 3 is 2.83 bits per heavy atom. The Labute approximate surface area is 144 Å². The zero-order chi connectivity index (χ0) is 16.9. The number of methoxy groups -OCH3 is 1. The van der Waals surface area contributed by atoms with Crippen LogP contribution >= 0.6 is 11.3 Å². The number of benzene rings is 1. The minimum Gasteiger partial charge on any atom is -0.481 e. The number of hydrogen-bond donors (Lipinski definition) is 1. The van der Waals surface area contributed by atoms with Gasteiger partial charge >= 0.3 is 0 Å². The number of nitrogens with zero attached hydrogens (tertiary/aromatic N) is 2. The second-order valence-corrected chi connectivity index (χ2v) is 6.71. The largest absolute Gasteiger partial charge is 0.481 e. The van der Waals surface area contributed by atoms with Gasteiger partial charge in [-0.3, -0.25) is 4.79 Å². The van der Waals surface area contributed by atoms with Gasteiger partial charge < -0.3 is 10.1 Å². The van der Waals surface area contributed by atoms with Crippen LogP contribution in [0.15, 0.2) is 42.5 Å². The van der Waals surface area contributed by atoms with Crippen LogP contribution in [0.5, 0.6) is 5.88 Å². The highest BCUT2D eigenvalue weighted by Crippen LogP contribution is 2.22. The van der Waals surface area contributed by atoms with Crippen molar-refractivity contribution < 1.29 is 9.53 Å². The fourth-order valence-corrected chi connectivity index (χ4v) is 3.58.